The third-order valence-corrected chi connectivity index (χ3v) is 7.15. The fraction of sp³-hybridized carbons (Fsp3) is 0.400. The normalized spacial score (nSPS) is 16.4. The molecule has 158 valence electrons. The number of nitrogens with zero attached hydrogens (tertiary/aromatic N) is 2. The van der Waals surface area contributed by atoms with Crippen LogP contribution in [-0.4, -0.2) is 69.6 Å². The summed E-state index contributed by atoms with van der Waals surface area (Å²) in [6.45, 7) is 2.30. The second kappa shape index (κ2) is 9.67. The number of anilines is 2. The van der Waals surface area contributed by atoms with E-state index in [1.165, 1.54) is 4.31 Å². The van der Waals surface area contributed by atoms with E-state index in [1.807, 2.05) is 24.3 Å². The number of alkyl halides is 1. The largest absolute Gasteiger partial charge is 0.495 e. The third kappa shape index (κ3) is 5.14. The molecule has 1 saturated heterocycles. The van der Waals surface area contributed by atoms with E-state index in [1.54, 1.807) is 31.4 Å². The number of methoxy groups -OCH3 is 1. The van der Waals surface area contributed by atoms with Crippen molar-refractivity contribution in [1.82, 2.24) is 4.31 Å². The van der Waals surface area contributed by atoms with E-state index in [2.05, 4.69) is 10.2 Å². The molecule has 1 fully saturated rings. The van der Waals surface area contributed by atoms with Gasteiger partial charge in [0.25, 0.3) is 0 Å². The first-order chi connectivity index (χ1) is 14.0. The number of nitrogens with one attached hydrogen (secondary N) is 1. The quantitative estimate of drug-likeness (QED) is 0.614. The maximum atomic E-state index is 13.0. The van der Waals surface area contributed by atoms with Crippen LogP contribution >= 0.6 is 11.6 Å². The van der Waals surface area contributed by atoms with Gasteiger partial charge in [0.05, 0.1) is 29.7 Å². The molecule has 1 aliphatic rings. The molecule has 0 saturated carbocycles. The lowest BCUT2D eigenvalue weighted by molar-refractivity contribution is 0.211. The summed E-state index contributed by atoms with van der Waals surface area (Å²) in [5.74, 6) is 0.923. The van der Waals surface area contributed by atoms with Gasteiger partial charge in [0.1, 0.15) is 5.75 Å². The zero-order valence-corrected chi connectivity index (χ0v) is 17.9. The van der Waals surface area contributed by atoms with Gasteiger partial charge in [-0.1, -0.05) is 12.1 Å². The third-order valence-electron chi connectivity index (χ3n) is 4.88. The summed E-state index contributed by atoms with van der Waals surface area (Å²) >= 11 is 5.57. The maximum Gasteiger partial charge on any atom is 0.243 e. The number of para-hydroxylation sites is 2. The molecule has 0 spiro atoms. The molecule has 2 aromatic rings. The molecule has 9 heteroatoms. The van der Waals surface area contributed by atoms with Crippen LogP contribution in [-0.2, 0) is 10.0 Å². The molecule has 0 amide bonds. The standard InChI is InChI=1S/C20H26ClN3O4S/c1-28-20-5-3-2-4-19(20)23-10-12-24(13-11-23)29(26,27)18-8-6-16(7-9-18)22-15-17(25)14-21/h2-9,17,22,25H,10-15H2,1H3. The molecular formula is C20H26ClN3O4S. The van der Waals surface area contributed by atoms with Crippen molar-refractivity contribution in [1.29, 1.82) is 0 Å². The minimum Gasteiger partial charge on any atom is -0.495 e. The Balaban J connectivity index is 1.64. The maximum absolute atomic E-state index is 13.0. The van der Waals surface area contributed by atoms with E-state index in [0.29, 0.717) is 32.7 Å². The first-order valence-electron chi connectivity index (χ1n) is 9.42. The van der Waals surface area contributed by atoms with Gasteiger partial charge in [0.2, 0.25) is 10.0 Å². The Labute approximate surface area is 176 Å². The predicted octanol–water partition coefficient (Wildman–Crippen LogP) is 2.22. The molecule has 0 aliphatic carbocycles. The molecule has 1 heterocycles. The van der Waals surface area contributed by atoms with Gasteiger partial charge in [-0.2, -0.15) is 4.31 Å². The second-order valence-corrected chi connectivity index (χ2v) is 9.02. The fourth-order valence-corrected chi connectivity index (χ4v) is 4.78. The van der Waals surface area contributed by atoms with Gasteiger partial charge >= 0.3 is 0 Å². The summed E-state index contributed by atoms with van der Waals surface area (Å²) in [4.78, 5) is 2.40. The highest BCUT2D eigenvalue weighted by atomic mass is 35.5. The fourth-order valence-electron chi connectivity index (χ4n) is 3.24. The number of hydrogen-bond donors (Lipinski definition) is 2. The van der Waals surface area contributed by atoms with E-state index in [4.69, 9.17) is 16.3 Å². The van der Waals surface area contributed by atoms with Crippen LogP contribution in [0.1, 0.15) is 0 Å². The highest BCUT2D eigenvalue weighted by Crippen LogP contribution is 2.29. The van der Waals surface area contributed by atoms with Crippen molar-refractivity contribution in [2.75, 3.05) is 55.9 Å². The van der Waals surface area contributed by atoms with Crippen molar-refractivity contribution < 1.29 is 18.3 Å². The zero-order chi connectivity index (χ0) is 20.9. The summed E-state index contributed by atoms with van der Waals surface area (Å²) in [7, 11) is -1.93. The molecule has 1 aliphatic heterocycles. The number of piperazine rings is 1. The summed E-state index contributed by atoms with van der Waals surface area (Å²) in [6.07, 6.45) is -0.653. The molecule has 2 aromatic carbocycles. The molecule has 2 N–H and O–H groups in total. The molecule has 3 rings (SSSR count). The Morgan fingerprint density at radius 3 is 2.38 bits per heavy atom. The average molecular weight is 440 g/mol. The monoisotopic (exact) mass is 439 g/mol. The van der Waals surface area contributed by atoms with Crippen LogP contribution in [0.5, 0.6) is 5.75 Å². The Kier molecular flexibility index (Phi) is 7.23. The van der Waals surface area contributed by atoms with Crippen LogP contribution in [0.2, 0.25) is 0 Å². The summed E-state index contributed by atoms with van der Waals surface area (Å²) in [5.41, 5.74) is 1.70. The van der Waals surface area contributed by atoms with Crippen LogP contribution in [0.15, 0.2) is 53.4 Å². The molecule has 0 aromatic heterocycles. The first kappa shape index (κ1) is 21.7. The van der Waals surface area contributed by atoms with Crippen LogP contribution in [0.4, 0.5) is 11.4 Å². The Hall–Kier alpha value is -2.00. The molecule has 29 heavy (non-hydrogen) atoms. The van der Waals surface area contributed by atoms with Crippen molar-refractivity contribution in [2.45, 2.75) is 11.0 Å². The van der Waals surface area contributed by atoms with Crippen LogP contribution in [0.3, 0.4) is 0 Å². The molecule has 7 nitrogen and oxygen atoms in total. The predicted molar refractivity (Wildman–Crippen MR) is 116 cm³/mol. The number of benzene rings is 2. The van der Waals surface area contributed by atoms with Gasteiger partial charge in [-0.3, -0.25) is 0 Å². The summed E-state index contributed by atoms with van der Waals surface area (Å²) in [6, 6.07) is 14.3. The number of aliphatic hydroxyl groups excluding tert-OH is 1. The van der Waals surface area contributed by atoms with Gasteiger partial charge in [0.15, 0.2) is 0 Å². The number of sulfonamides is 1. The van der Waals surface area contributed by atoms with Crippen LogP contribution < -0.4 is 15.0 Å². The van der Waals surface area contributed by atoms with E-state index in [0.717, 1.165) is 17.1 Å². The lowest BCUT2D eigenvalue weighted by Crippen LogP contribution is -2.48. The van der Waals surface area contributed by atoms with Crippen LogP contribution in [0, 0.1) is 0 Å². The molecule has 0 bridgehead atoms. The van der Waals surface area contributed by atoms with Crippen molar-refractivity contribution >= 4 is 33.0 Å². The van der Waals surface area contributed by atoms with E-state index in [-0.39, 0.29) is 10.8 Å². The van der Waals surface area contributed by atoms with Gasteiger partial charge in [-0.15, -0.1) is 11.6 Å². The highest BCUT2D eigenvalue weighted by molar-refractivity contribution is 7.89. The van der Waals surface area contributed by atoms with Crippen molar-refractivity contribution in [2.24, 2.45) is 0 Å². The SMILES string of the molecule is COc1ccccc1N1CCN(S(=O)(=O)c2ccc(NCC(O)CCl)cc2)CC1. The summed E-state index contributed by atoms with van der Waals surface area (Å²) < 4.78 is 32.9. The van der Waals surface area contributed by atoms with Gasteiger partial charge in [0, 0.05) is 38.4 Å². The average Bonchev–Trinajstić information content (AvgIpc) is 2.77. The topological polar surface area (TPSA) is 82.1 Å². The Morgan fingerprint density at radius 2 is 1.76 bits per heavy atom. The molecule has 1 unspecified atom stereocenters. The lowest BCUT2D eigenvalue weighted by Gasteiger charge is -2.35. The van der Waals surface area contributed by atoms with E-state index < -0.39 is 16.1 Å². The highest BCUT2D eigenvalue weighted by Gasteiger charge is 2.29. The van der Waals surface area contributed by atoms with Crippen molar-refractivity contribution in [3.05, 3.63) is 48.5 Å². The lowest BCUT2D eigenvalue weighted by atomic mass is 10.2. The zero-order valence-electron chi connectivity index (χ0n) is 16.3. The number of hydrogen-bond acceptors (Lipinski definition) is 6. The van der Waals surface area contributed by atoms with Crippen molar-refractivity contribution in [3.63, 3.8) is 0 Å². The van der Waals surface area contributed by atoms with Crippen LogP contribution in [0.25, 0.3) is 0 Å². The number of ether oxygens (including phenoxy) is 1. The minimum atomic E-state index is -3.56. The first-order valence-corrected chi connectivity index (χ1v) is 11.4. The number of rotatable bonds is 8. The van der Waals surface area contributed by atoms with E-state index in [9.17, 15) is 13.5 Å². The van der Waals surface area contributed by atoms with Crippen molar-refractivity contribution in [3.8, 4) is 5.75 Å². The Bertz CT molecular complexity index is 900. The second-order valence-electron chi connectivity index (χ2n) is 6.78. The molecular weight excluding hydrogens is 414 g/mol. The Morgan fingerprint density at radius 1 is 1.10 bits per heavy atom. The smallest absolute Gasteiger partial charge is 0.243 e. The molecule has 0 radical (unpaired) electrons. The number of aliphatic hydroxyl groups is 1. The minimum absolute atomic E-state index is 0.139. The van der Waals surface area contributed by atoms with Gasteiger partial charge < -0.3 is 20.1 Å². The number of halogens is 1. The van der Waals surface area contributed by atoms with Gasteiger partial charge in [-0.25, -0.2) is 8.42 Å². The molecule has 1 atom stereocenters. The van der Waals surface area contributed by atoms with E-state index >= 15 is 0 Å². The van der Waals surface area contributed by atoms with Gasteiger partial charge in [-0.05, 0) is 36.4 Å². The summed E-state index contributed by atoms with van der Waals surface area (Å²) in [5, 5.41) is 12.5.